The minimum absolute atomic E-state index is 0.126. The molecule has 0 heterocycles. The molecular formula is C18H27BrFN. The zero-order valence-corrected chi connectivity index (χ0v) is 14.8. The lowest BCUT2D eigenvalue weighted by atomic mass is 9.83. The van der Waals surface area contributed by atoms with Crippen LogP contribution in [0.2, 0.25) is 0 Å². The van der Waals surface area contributed by atoms with Crippen LogP contribution < -0.4 is 5.32 Å². The summed E-state index contributed by atoms with van der Waals surface area (Å²) >= 11 is 3.58. The smallest absolute Gasteiger partial charge is 0.123 e. The van der Waals surface area contributed by atoms with Crippen LogP contribution in [-0.2, 0) is 6.42 Å². The van der Waals surface area contributed by atoms with Crippen molar-refractivity contribution in [2.24, 2.45) is 11.8 Å². The van der Waals surface area contributed by atoms with Crippen molar-refractivity contribution >= 4 is 15.9 Å². The zero-order valence-electron chi connectivity index (χ0n) is 13.2. The van der Waals surface area contributed by atoms with Crippen molar-refractivity contribution in [3.8, 4) is 0 Å². The molecule has 0 radical (unpaired) electrons. The fourth-order valence-electron chi connectivity index (χ4n) is 3.37. The molecule has 0 spiro atoms. The third-order valence-electron chi connectivity index (χ3n) is 4.59. The highest BCUT2D eigenvalue weighted by molar-refractivity contribution is 9.10. The molecule has 1 fully saturated rings. The van der Waals surface area contributed by atoms with Crippen molar-refractivity contribution in [2.75, 3.05) is 6.54 Å². The van der Waals surface area contributed by atoms with E-state index in [1.807, 2.05) is 6.07 Å². The Morgan fingerprint density at radius 2 is 1.90 bits per heavy atom. The first-order valence-corrected chi connectivity index (χ1v) is 9.03. The zero-order chi connectivity index (χ0) is 15.2. The Hall–Kier alpha value is -0.410. The molecular weight excluding hydrogens is 329 g/mol. The average molecular weight is 356 g/mol. The number of hydrogen-bond acceptors (Lipinski definition) is 1. The van der Waals surface area contributed by atoms with Gasteiger partial charge in [-0.3, -0.25) is 0 Å². The Morgan fingerprint density at radius 3 is 2.62 bits per heavy atom. The van der Waals surface area contributed by atoms with Crippen LogP contribution in [0.5, 0.6) is 0 Å². The van der Waals surface area contributed by atoms with E-state index in [1.54, 1.807) is 6.07 Å². The van der Waals surface area contributed by atoms with Crippen molar-refractivity contribution < 1.29 is 4.39 Å². The summed E-state index contributed by atoms with van der Waals surface area (Å²) in [5.41, 5.74) is 1.12. The lowest BCUT2D eigenvalue weighted by molar-refractivity contribution is 0.290. The molecule has 2 unspecified atom stereocenters. The Kier molecular flexibility index (Phi) is 6.69. The topological polar surface area (TPSA) is 12.0 Å². The molecule has 3 heteroatoms. The van der Waals surface area contributed by atoms with E-state index in [-0.39, 0.29) is 5.82 Å². The van der Waals surface area contributed by atoms with Gasteiger partial charge in [-0.1, -0.05) is 49.0 Å². The predicted octanol–water partition coefficient (Wildman–Crippen LogP) is 5.33. The fraction of sp³-hybridized carbons (Fsp3) is 0.667. The Labute approximate surface area is 136 Å². The quantitative estimate of drug-likeness (QED) is 0.704. The molecule has 1 N–H and O–H groups in total. The summed E-state index contributed by atoms with van der Waals surface area (Å²) in [6.45, 7) is 5.50. The summed E-state index contributed by atoms with van der Waals surface area (Å²) in [5, 5.41) is 3.60. The van der Waals surface area contributed by atoms with Crippen LogP contribution in [0, 0.1) is 17.7 Å². The summed E-state index contributed by atoms with van der Waals surface area (Å²) < 4.78 is 14.5. The molecule has 2 rings (SSSR count). The van der Waals surface area contributed by atoms with Crippen LogP contribution in [-0.4, -0.2) is 12.6 Å². The molecule has 1 aromatic rings. The first-order valence-electron chi connectivity index (χ1n) is 8.23. The Morgan fingerprint density at radius 1 is 1.19 bits per heavy atom. The minimum atomic E-state index is -0.126. The molecule has 0 aliphatic heterocycles. The minimum Gasteiger partial charge on any atom is -0.314 e. The van der Waals surface area contributed by atoms with E-state index < -0.39 is 0 Å². The maximum Gasteiger partial charge on any atom is 0.123 e. The second-order valence-corrected chi connectivity index (χ2v) is 7.52. The van der Waals surface area contributed by atoms with Crippen molar-refractivity contribution in [2.45, 2.75) is 58.4 Å². The van der Waals surface area contributed by atoms with Gasteiger partial charge in [0.05, 0.1) is 0 Å². The van der Waals surface area contributed by atoms with Gasteiger partial charge in [-0.15, -0.1) is 0 Å². The second kappa shape index (κ2) is 8.28. The number of halogens is 2. The molecule has 0 aromatic heterocycles. The maximum absolute atomic E-state index is 13.5. The summed E-state index contributed by atoms with van der Waals surface area (Å²) in [5.74, 6) is 1.25. The van der Waals surface area contributed by atoms with Crippen LogP contribution in [0.1, 0.15) is 51.5 Å². The highest BCUT2D eigenvalue weighted by Gasteiger charge is 2.24. The molecule has 1 aromatic carbocycles. The van der Waals surface area contributed by atoms with Crippen molar-refractivity contribution in [3.05, 3.63) is 34.1 Å². The summed E-state index contributed by atoms with van der Waals surface area (Å²) in [4.78, 5) is 0. The largest absolute Gasteiger partial charge is 0.314 e. The van der Waals surface area contributed by atoms with Gasteiger partial charge in [0, 0.05) is 10.5 Å². The van der Waals surface area contributed by atoms with E-state index in [0.29, 0.717) is 17.9 Å². The third kappa shape index (κ3) is 5.37. The van der Waals surface area contributed by atoms with E-state index in [9.17, 15) is 4.39 Å². The van der Waals surface area contributed by atoms with Crippen LogP contribution in [0.4, 0.5) is 4.39 Å². The molecule has 2 atom stereocenters. The van der Waals surface area contributed by atoms with Crippen LogP contribution in [0.3, 0.4) is 0 Å². The predicted molar refractivity (Wildman–Crippen MR) is 91.0 cm³/mol. The van der Waals surface area contributed by atoms with Crippen molar-refractivity contribution in [1.29, 1.82) is 0 Å². The van der Waals surface area contributed by atoms with E-state index in [1.165, 1.54) is 38.2 Å². The van der Waals surface area contributed by atoms with E-state index in [0.717, 1.165) is 23.0 Å². The fourth-order valence-corrected chi connectivity index (χ4v) is 3.78. The molecule has 1 nitrogen and oxygen atoms in total. The number of rotatable bonds is 5. The van der Waals surface area contributed by atoms with Crippen LogP contribution >= 0.6 is 15.9 Å². The molecule has 1 aliphatic carbocycles. The van der Waals surface area contributed by atoms with Gasteiger partial charge < -0.3 is 5.32 Å². The molecule has 1 aliphatic rings. The standard InChI is InChI=1S/C18H27BrFN/c1-13(2)21-12-15-7-5-3-4-6-14(15)10-16-11-17(20)8-9-18(16)19/h8-9,11,13-15,21H,3-7,10,12H2,1-2H3. The van der Waals surface area contributed by atoms with Gasteiger partial charge in [0.1, 0.15) is 5.82 Å². The lowest BCUT2D eigenvalue weighted by Crippen LogP contribution is -2.33. The van der Waals surface area contributed by atoms with E-state index in [2.05, 4.69) is 35.1 Å². The Balaban J connectivity index is 2.07. The highest BCUT2D eigenvalue weighted by atomic mass is 79.9. The maximum atomic E-state index is 13.5. The molecule has 21 heavy (non-hydrogen) atoms. The first-order chi connectivity index (χ1) is 10.1. The van der Waals surface area contributed by atoms with Gasteiger partial charge >= 0.3 is 0 Å². The first kappa shape index (κ1) is 17.0. The highest BCUT2D eigenvalue weighted by Crippen LogP contribution is 2.33. The van der Waals surface area contributed by atoms with Gasteiger partial charge in [-0.2, -0.15) is 0 Å². The average Bonchev–Trinajstić information content (AvgIpc) is 2.66. The van der Waals surface area contributed by atoms with Crippen molar-refractivity contribution in [3.63, 3.8) is 0 Å². The van der Waals surface area contributed by atoms with Gasteiger partial charge in [0.2, 0.25) is 0 Å². The van der Waals surface area contributed by atoms with Gasteiger partial charge in [-0.25, -0.2) is 4.39 Å². The van der Waals surface area contributed by atoms with E-state index in [4.69, 9.17) is 0 Å². The lowest BCUT2D eigenvalue weighted by Gasteiger charge is -2.27. The van der Waals surface area contributed by atoms with Crippen molar-refractivity contribution in [1.82, 2.24) is 5.32 Å². The summed E-state index contributed by atoms with van der Waals surface area (Å²) in [6, 6.07) is 5.60. The summed E-state index contributed by atoms with van der Waals surface area (Å²) in [7, 11) is 0. The number of benzene rings is 1. The molecule has 0 amide bonds. The monoisotopic (exact) mass is 355 g/mol. The van der Waals surface area contributed by atoms with E-state index >= 15 is 0 Å². The second-order valence-electron chi connectivity index (χ2n) is 6.66. The summed E-state index contributed by atoms with van der Waals surface area (Å²) in [6.07, 6.45) is 7.56. The SMILES string of the molecule is CC(C)NCC1CCCCCC1Cc1cc(F)ccc1Br. The Bertz CT molecular complexity index is 447. The molecule has 118 valence electrons. The van der Waals surface area contributed by atoms with Gasteiger partial charge in [-0.05, 0) is 61.4 Å². The van der Waals surface area contributed by atoms with Gasteiger partial charge in [0.25, 0.3) is 0 Å². The molecule has 1 saturated carbocycles. The normalized spacial score (nSPS) is 23.3. The molecule has 0 bridgehead atoms. The third-order valence-corrected chi connectivity index (χ3v) is 5.37. The van der Waals surface area contributed by atoms with Gasteiger partial charge in [0.15, 0.2) is 0 Å². The number of nitrogens with one attached hydrogen (secondary N) is 1. The molecule has 0 saturated heterocycles. The number of hydrogen-bond donors (Lipinski definition) is 1. The van der Waals surface area contributed by atoms with Crippen LogP contribution in [0.25, 0.3) is 0 Å². The van der Waals surface area contributed by atoms with Crippen LogP contribution in [0.15, 0.2) is 22.7 Å².